The summed E-state index contributed by atoms with van der Waals surface area (Å²) in [4.78, 5) is 45.8. The number of thiophene rings is 1. The van der Waals surface area contributed by atoms with Crippen molar-refractivity contribution in [3.8, 4) is 11.5 Å². The average Bonchev–Trinajstić information content (AvgIpc) is 3.65. The number of likely N-dealkylation sites (tertiary alicyclic amines) is 2. The van der Waals surface area contributed by atoms with E-state index in [1.165, 1.54) is 4.90 Å². The van der Waals surface area contributed by atoms with E-state index >= 15 is 0 Å². The van der Waals surface area contributed by atoms with Crippen LogP contribution in [0.5, 0.6) is 11.5 Å². The van der Waals surface area contributed by atoms with E-state index in [0.29, 0.717) is 54.8 Å². The molecule has 56 heavy (non-hydrogen) atoms. The number of alkyl halides is 6. The second-order valence-corrected chi connectivity index (χ2v) is 15.6. The van der Waals surface area contributed by atoms with E-state index in [9.17, 15) is 50.9 Å². The molecular weight excluding hydrogens is 768 g/mol. The van der Waals surface area contributed by atoms with Crippen molar-refractivity contribution in [2.45, 2.75) is 107 Å². The predicted molar refractivity (Wildman–Crippen MR) is 191 cm³/mol. The first-order valence-corrected chi connectivity index (χ1v) is 19.5. The molecule has 4 heterocycles. The number of halogens is 6. The van der Waals surface area contributed by atoms with Gasteiger partial charge in [-0.1, -0.05) is 31.5 Å². The number of carboxylic acids is 1. The van der Waals surface area contributed by atoms with Gasteiger partial charge < -0.3 is 29.5 Å². The molecule has 1 aromatic carbocycles. The number of amides is 2. The maximum absolute atomic E-state index is 15.0. The number of hydrogen-bond acceptors (Lipinski definition) is 8. The van der Waals surface area contributed by atoms with Crippen molar-refractivity contribution >= 4 is 29.1 Å². The van der Waals surface area contributed by atoms with Crippen molar-refractivity contribution < 1.29 is 60.4 Å². The Morgan fingerprint density at radius 2 is 1.64 bits per heavy atom. The van der Waals surface area contributed by atoms with Crippen LogP contribution in [0.1, 0.15) is 97.6 Å². The van der Waals surface area contributed by atoms with E-state index in [0.717, 1.165) is 34.7 Å². The minimum absolute atomic E-state index is 0.0266. The fourth-order valence-electron chi connectivity index (χ4n) is 8.25. The molecule has 1 saturated carbocycles. The summed E-state index contributed by atoms with van der Waals surface area (Å²) < 4.78 is 95.9. The topological polar surface area (TPSA) is 130 Å². The Kier molecular flexibility index (Phi) is 12.0. The standard InChI is InChI=1S/C39H43F6N3O7S/c1-2-7-30-37(55-26-22-31(56-23-26)39(43,44)45,15-6-19-48(30)33(49)32-28(38(40,41)42)9-5-18-46-32)35(52)47-20-16-36(53,17-21-47)27-8-3-4-10-29(27)54-25-13-11-24(12-14-25)34(50)51/h3-5,8-10,18,22-25,30,53H,2,6-7,11-17,19-21H2,1H3,(H,50,51). The van der Waals surface area contributed by atoms with Crippen molar-refractivity contribution in [2.24, 2.45) is 5.92 Å². The molecule has 0 radical (unpaired) electrons. The zero-order chi connectivity index (χ0) is 40.5. The molecule has 0 bridgehead atoms. The van der Waals surface area contributed by atoms with E-state index in [2.05, 4.69) is 4.98 Å². The highest BCUT2D eigenvalue weighted by atomic mass is 32.1. The molecule has 304 valence electrons. The van der Waals surface area contributed by atoms with E-state index in [4.69, 9.17) is 9.47 Å². The number of aromatic nitrogens is 1. The number of carbonyl (C=O) groups excluding carboxylic acids is 2. The summed E-state index contributed by atoms with van der Waals surface area (Å²) in [5.74, 6) is -2.86. The van der Waals surface area contributed by atoms with Crippen LogP contribution in [0, 0.1) is 5.92 Å². The quantitative estimate of drug-likeness (QED) is 0.198. The molecule has 3 aromatic rings. The van der Waals surface area contributed by atoms with E-state index in [1.807, 2.05) is 0 Å². The van der Waals surface area contributed by atoms with Gasteiger partial charge in [-0.05, 0) is 69.6 Å². The number of rotatable bonds is 10. The van der Waals surface area contributed by atoms with Crippen LogP contribution < -0.4 is 9.47 Å². The molecule has 3 aliphatic rings. The summed E-state index contributed by atoms with van der Waals surface area (Å²) in [6.07, 6.45) is -6.34. The van der Waals surface area contributed by atoms with Gasteiger partial charge in [-0.3, -0.25) is 19.4 Å². The molecule has 2 aromatic heterocycles. The van der Waals surface area contributed by atoms with E-state index < -0.39 is 69.4 Å². The molecule has 0 spiro atoms. The fraction of sp³-hybridized carbons (Fsp3) is 0.538. The van der Waals surface area contributed by atoms with E-state index in [1.54, 1.807) is 31.2 Å². The molecule has 10 nitrogen and oxygen atoms in total. The number of piperidine rings is 2. The largest absolute Gasteiger partial charge is 0.490 e. The Morgan fingerprint density at radius 3 is 2.27 bits per heavy atom. The van der Waals surface area contributed by atoms with Gasteiger partial charge in [0.05, 0.1) is 29.2 Å². The molecule has 6 rings (SSSR count). The van der Waals surface area contributed by atoms with Crippen LogP contribution in [-0.2, 0) is 27.5 Å². The highest BCUT2D eigenvalue weighted by molar-refractivity contribution is 7.10. The SMILES string of the molecule is CCCC1N(C(=O)c2ncccc2C(F)(F)F)CCCC1(Oc1csc(C(F)(F)F)c1)C(=O)N1CCC(O)(c2ccccc2OC2CCC(C(=O)O)CC2)CC1. The minimum atomic E-state index is -4.92. The molecule has 2 amide bonds. The molecule has 3 fully saturated rings. The Morgan fingerprint density at radius 1 is 0.946 bits per heavy atom. The van der Waals surface area contributed by atoms with Crippen LogP contribution in [0.3, 0.4) is 0 Å². The smallest absolute Gasteiger partial charge is 0.425 e. The maximum Gasteiger partial charge on any atom is 0.425 e. The first-order valence-electron chi connectivity index (χ1n) is 18.7. The summed E-state index contributed by atoms with van der Waals surface area (Å²) >= 11 is 0.365. The number of aliphatic hydroxyl groups is 1. The second kappa shape index (κ2) is 16.2. The van der Waals surface area contributed by atoms with Crippen molar-refractivity contribution in [1.82, 2.24) is 14.8 Å². The third-order valence-corrected chi connectivity index (χ3v) is 12.1. The van der Waals surface area contributed by atoms with Crippen LogP contribution in [-0.4, -0.2) is 80.2 Å². The number of nitrogens with zero attached hydrogens (tertiary/aromatic N) is 3. The van der Waals surface area contributed by atoms with Gasteiger partial charge in [-0.25, -0.2) is 0 Å². The molecular formula is C39H43F6N3O7S. The molecule has 2 aliphatic heterocycles. The Hall–Kier alpha value is -4.38. The molecule has 17 heteroatoms. The van der Waals surface area contributed by atoms with Gasteiger partial charge in [0.2, 0.25) is 5.60 Å². The van der Waals surface area contributed by atoms with Crippen LogP contribution >= 0.6 is 11.3 Å². The lowest BCUT2D eigenvalue weighted by atomic mass is 9.78. The Labute approximate surface area is 323 Å². The highest BCUT2D eigenvalue weighted by Gasteiger charge is 2.57. The summed E-state index contributed by atoms with van der Waals surface area (Å²) in [5, 5.41) is 22.5. The van der Waals surface area contributed by atoms with Crippen molar-refractivity contribution in [2.75, 3.05) is 19.6 Å². The number of ether oxygens (including phenoxy) is 2. The van der Waals surface area contributed by atoms with Gasteiger partial charge in [0.1, 0.15) is 22.1 Å². The zero-order valence-electron chi connectivity index (χ0n) is 30.6. The number of carbonyl (C=O) groups is 3. The van der Waals surface area contributed by atoms with Gasteiger partial charge in [0.25, 0.3) is 11.8 Å². The first kappa shape index (κ1) is 41.3. The minimum Gasteiger partial charge on any atom is -0.490 e. The fourth-order valence-corrected chi connectivity index (χ4v) is 8.93. The second-order valence-electron chi connectivity index (χ2n) is 14.7. The van der Waals surface area contributed by atoms with Gasteiger partial charge in [0.15, 0.2) is 0 Å². The third-order valence-electron chi connectivity index (χ3n) is 11.1. The van der Waals surface area contributed by atoms with Crippen molar-refractivity contribution in [1.29, 1.82) is 0 Å². The number of carboxylic acid groups (broad SMARTS) is 1. The molecule has 2 saturated heterocycles. The maximum atomic E-state index is 15.0. The summed E-state index contributed by atoms with van der Waals surface area (Å²) in [6.45, 7) is 1.64. The van der Waals surface area contributed by atoms with Gasteiger partial charge >= 0.3 is 18.3 Å². The molecule has 2 atom stereocenters. The van der Waals surface area contributed by atoms with E-state index in [-0.39, 0.29) is 63.6 Å². The van der Waals surface area contributed by atoms with Gasteiger partial charge in [-0.15, -0.1) is 11.3 Å². The van der Waals surface area contributed by atoms with Crippen LogP contribution in [0.2, 0.25) is 0 Å². The summed E-state index contributed by atoms with van der Waals surface area (Å²) in [6, 6.07) is 8.32. The number of para-hydroxylation sites is 1. The lowest BCUT2D eigenvalue weighted by Gasteiger charge is -2.51. The molecule has 1 aliphatic carbocycles. The molecule has 2 N–H and O–H groups in total. The average molecular weight is 812 g/mol. The van der Waals surface area contributed by atoms with Crippen molar-refractivity contribution in [3.63, 3.8) is 0 Å². The normalized spacial score (nSPS) is 24.4. The van der Waals surface area contributed by atoms with Crippen LogP contribution in [0.4, 0.5) is 26.3 Å². The monoisotopic (exact) mass is 811 g/mol. The number of aliphatic carboxylic acids is 1. The van der Waals surface area contributed by atoms with Crippen LogP contribution in [0.25, 0.3) is 0 Å². The summed E-state index contributed by atoms with van der Waals surface area (Å²) in [7, 11) is 0. The molecule has 2 unspecified atom stereocenters. The Bertz CT molecular complexity index is 1890. The van der Waals surface area contributed by atoms with Gasteiger partial charge in [-0.2, -0.15) is 26.3 Å². The third kappa shape index (κ3) is 8.48. The number of pyridine rings is 1. The van der Waals surface area contributed by atoms with Gasteiger partial charge in [0, 0.05) is 49.3 Å². The summed E-state index contributed by atoms with van der Waals surface area (Å²) in [5.41, 5.74) is -5.09. The number of benzene rings is 1. The number of hydrogen-bond donors (Lipinski definition) is 2. The Balaban J connectivity index is 1.29. The van der Waals surface area contributed by atoms with Crippen molar-refractivity contribution in [3.05, 3.63) is 75.7 Å². The lowest BCUT2D eigenvalue weighted by molar-refractivity contribution is -0.163. The zero-order valence-corrected chi connectivity index (χ0v) is 31.4. The highest BCUT2D eigenvalue weighted by Crippen LogP contribution is 2.45. The lowest BCUT2D eigenvalue weighted by Crippen LogP contribution is -2.68. The first-order chi connectivity index (χ1) is 26.5. The predicted octanol–water partition coefficient (Wildman–Crippen LogP) is 7.94. The van der Waals surface area contributed by atoms with Crippen LogP contribution in [0.15, 0.2) is 54.0 Å².